The monoisotopic (exact) mass is 330 g/mol. The van der Waals surface area contributed by atoms with Crippen molar-refractivity contribution in [3.63, 3.8) is 0 Å². The predicted molar refractivity (Wildman–Crippen MR) is 80.1 cm³/mol. The van der Waals surface area contributed by atoms with Gasteiger partial charge in [0.15, 0.2) is 0 Å². The molecule has 1 saturated heterocycles. The Kier molecular flexibility index (Phi) is 5.64. The zero-order valence-corrected chi connectivity index (χ0v) is 13.0. The lowest BCUT2D eigenvalue weighted by atomic mass is 9.73. The molecule has 0 radical (unpaired) electrons. The van der Waals surface area contributed by atoms with Crippen molar-refractivity contribution in [1.82, 2.24) is 10.6 Å². The van der Waals surface area contributed by atoms with E-state index in [1.807, 2.05) is 0 Å². The Morgan fingerprint density at radius 1 is 1.30 bits per heavy atom. The fourth-order valence-electron chi connectivity index (χ4n) is 2.85. The lowest BCUT2D eigenvalue weighted by Gasteiger charge is -2.38. The van der Waals surface area contributed by atoms with E-state index in [-0.39, 0.29) is 12.5 Å². The van der Waals surface area contributed by atoms with Crippen LogP contribution in [0.25, 0.3) is 0 Å². The fraction of sp³-hybridized carbons (Fsp3) is 0.562. The van der Waals surface area contributed by atoms with E-state index in [9.17, 15) is 18.0 Å². The number of ether oxygens (including phenoxy) is 1. The van der Waals surface area contributed by atoms with Gasteiger partial charge in [-0.3, -0.25) is 4.79 Å². The normalized spacial score (nSPS) is 17.7. The second kappa shape index (κ2) is 7.31. The molecule has 0 bridgehead atoms. The molecule has 0 saturated carbocycles. The molecule has 0 unspecified atom stereocenters. The van der Waals surface area contributed by atoms with Crippen LogP contribution in [0.2, 0.25) is 0 Å². The molecular weight excluding hydrogens is 309 g/mol. The van der Waals surface area contributed by atoms with Crippen LogP contribution < -0.4 is 10.6 Å². The Morgan fingerprint density at radius 2 is 2.00 bits per heavy atom. The number of halogens is 3. The van der Waals surface area contributed by atoms with Gasteiger partial charge in [-0.05, 0) is 31.5 Å². The number of likely N-dealkylation sites (N-methyl/N-ethyl adjacent to an activating group) is 1. The Hall–Kier alpha value is -1.60. The lowest BCUT2D eigenvalue weighted by Crippen LogP contribution is -2.46. The highest BCUT2D eigenvalue weighted by Crippen LogP contribution is 2.37. The largest absolute Gasteiger partial charge is 0.416 e. The number of carbonyl (C=O) groups excluding carboxylic acids is 1. The fourth-order valence-corrected chi connectivity index (χ4v) is 2.85. The standard InChI is InChI=1S/C16H21F3N2O2/c1-20-10-14(22)21-11-15(5-7-23-8-6-15)12-3-2-4-13(9-12)16(17,18)19/h2-4,9,20H,5-8,10-11H2,1H3,(H,21,22). The zero-order chi connectivity index (χ0) is 16.9. The molecule has 1 aliphatic heterocycles. The molecule has 2 N–H and O–H groups in total. The van der Waals surface area contributed by atoms with E-state index < -0.39 is 17.2 Å². The second-order valence-electron chi connectivity index (χ2n) is 5.78. The highest BCUT2D eigenvalue weighted by atomic mass is 19.4. The molecule has 1 aromatic rings. The quantitative estimate of drug-likeness (QED) is 0.869. The van der Waals surface area contributed by atoms with Gasteiger partial charge in [0.25, 0.3) is 0 Å². The average Bonchev–Trinajstić information content (AvgIpc) is 2.53. The molecule has 2 rings (SSSR count). The molecule has 7 heteroatoms. The molecule has 23 heavy (non-hydrogen) atoms. The summed E-state index contributed by atoms with van der Waals surface area (Å²) < 4.78 is 44.3. The Labute approximate surface area is 133 Å². The van der Waals surface area contributed by atoms with Gasteiger partial charge in [-0.15, -0.1) is 0 Å². The molecule has 0 aliphatic carbocycles. The summed E-state index contributed by atoms with van der Waals surface area (Å²) in [6.45, 7) is 1.42. The van der Waals surface area contributed by atoms with Crippen molar-refractivity contribution >= 4 is 5.91 Å². The minimum absolute atomic E-state index is 0.176. The third-order valence-corrected chi connectivity index (χ3v) is 4.21. The van der Waals surface area contributed by atoms with Crippen molar-refractivity contribution in [2.75, 3.05) is 33.4 Å². The van der Waals surface area contributed by atoms with Gasteiger partial charge in [0, 0.05) is 25.2 Å². The number of carbonyl (C=O) groups is 1. The molecule has 1 heterocycles. The summed E-state index contributed by atoms with van der Waals surface area (Å²) in [6.07, 6.45) is -3.22. The number of nitrogens with one attached hydrogen (secondary N) is 2. The summed E-state index contributed by atoms with van der Waals surface area (Å²) in [6, 6.07) is 5.38. The van der Waals surface area contributed by atoms with E-state index in [1.165, 1.54) is 12.1 Å². The first-order valence-corrected chi connectivity index (χ1v) is 7.54. The highest BCUT2D eigenvalue weighted by Gasteiger charge is 2.37. The highest BCUT2D eigenvalue weighted by molar-refractivity contribution is 5.78. The predicted octanol–water partition coefficient (Wildman–Crippen LogP) is 2.09. The van der Waals surface area contributed by atoms with Crippen molar-refractivity contribution in [1.29, 1.82) is 0 Å². The van der Waals surface area contributed by atoms with E-state index in [1.54, 1.807) is 13.1 Å². The number of hydrogen-bond donors (Lipinski definition) is 2. The average molecular weight is 330 g/mol. The summed E-state index contributed by atoms with van der Waals surface area (Å²) in [4.78, 5) is 11.7. The van der Waals surface area contributed by atoms with Crippen LogP contribution in [0.15, 0.2) is 24.3 Å². The van der Waals surface area contributed by atoms with Gasteiger partial charge in [0.05, 0.1) is 12.1 Å². The number of benzene rings is 1. The van der Waals surface area contributed by atoms with Gasteiger partial charge in [-0.25, -0.2) is 0 Å². The Morgan fingerprint density at radius 3 is 2.61 bits per heavy atom. The maximum atomic E-state index is 13.0. The second-order valence-corrected chi connectivity index (χ2v) is 5.78. The van der Waals surface area contributed by atoms with Gasteiger partial charge in [0.1, 0.15) is 0 Å². The molecule has 1 fully saturated rings. The van der Waals surface area contributed by atoms with Crippen LogP contribution in [0.5, 0.6) is 0 Å². The van der Waals surface area contributed by atoms with Gasteiger partial charge in [-0.2, -0.15) is 13.2 Å². The Balaban J connectivity index is 2.25. The van der Waals surface area contributed by atoms with E-state index in [0.29, 0.717) is 38.2 Å². The van der Waals surface area contributed by atoms with E-state index >= 15 is 0 Å². The number of amides is 1. The van der Waals surface area contributed by atoms with Crippen LogP contribution in [-0.2, 0) is 21.1 Å². The van der Waals surface area contributed by atoms with Crippen LogP contribution in [0.1, 0.15) is 24.0 Å². The van der Waals surface area contributed by atoms with E-state index in [0.717, 1.165) is 6.07 Å². The molecule has 4 nitrogen and oxygen atoms in total. The van der Waals surface area contributed by atoms with Crippen LogP contribution in [0, 0.1) is 0 Å². The summed E-state index contributed by atoms with van der Waals surface area (Å²) in [5.41, 5.74) is -0.592. The molecule has 0 aromatic heterocycles. The van der Waals surface area contributed by atoms with Gasteiger partial charge < -0.3 is 15.4 Å². The van der Waals surface area contributed by atoms with Crippen LogP contribution in [0.4, 0.5) is 13.2 Å². The van der Waals surface area contributed by atoms with E-state index in [4.69, 9.17) is 4.74 Å². The molecule has 0 atom stereocenters. The topological polar surface area (TPSA) is 50.4 Å². The first kappa shape index (κ1) is 17.7. The molecule has 1 aliphatic rings. The van der Waals surface area contributed by atoms with Gasteiger partial charge in [-0.1, -0.05) is 18.2 Å². The minimum atomic E-state index is -4.38. The molecule has 128 valence electrons. The van der Waals surface area contributed by atoms with Crippen LogP contribution >= 0.6 is 0 Å². The molecule has 1 amide bonds. The van der Waals surface area contributed by atoms with Crippen molar-refractivity contribution in [3.8, 4) is 0 Å². The van der Waals surface area contributed by atoms with Crippen LogP contribution in [0.3, 0.4) is 0 Å². The Bertz CT molecular complexity index is 540. The number of alkyl halides is 3. The van der Waals surface area contributed by atoms with Crippen LogP contribution in [-0.4, -0.2) is 39.3 Å². The summed E-state index contributed by atoms with van der Waals surface area (Å²) in [5.74, 6) is -0.176. The zero-order valence-electron chi connectivity index (χ0n) is 13.0. The SMILES string of the molecule is CNCC(=O)NCC1(c2cccc(C(F)(F)F)c2)CCOCC1. The third-order valence-electron chi connectivity index (χ3n) is 4.21. The molecular formula is C16H21F3N2O2. The summed E-state index contributed by atoms with van der Waals surface area (Å²) >= 11 is 0. The molecule has 1 aromatic carbocycles. The van der Waals surface area contributed by atoms with Gasteiger partial charge >= 0.3 is 6.18 Å². The maximum absolute atomic E-state index is 13.0. The van der Waals surface area contributed by atoms with Gasteiger partial charge in [0.2, 0.25) is 5.91 Å². The minimum Gasteiger partial charge on any atom is -0.381 e. The smallest absolute Gasteiger partial charge is 0.381 e. The molecule has 0 spiro atoms. The van der Waals surface area contributed by atoms with E-state index in [2.05, 4.69) is 10.6 Å². The number of rotatable bonds is 5. The van der Waals surface area contributed by atoms with Crippen molar-refractivity contribution in [2.45, 2.75) is 24.4 Å². The summed E-state index contributed by atoms with van der Waals surface area (Å²) in [5, 5.41) is 5.56. The first-order chi connectivity index (χ1) is 10.9. The van der Waals surface area contributed by atoms with Crippen molar-refractivity contribution < 1.29 is 22.7 Å². The van der Waals surface area contributed by atoms with Crippen molar-refractivity contribution in [2.24, 2.45) is 0 Å². The number of hydrogen-bond acceptors (Lipinski definition) is 3. The maximum Gasteiger partial charge on any atom is 0.416 e. The lowest BCUT2D eigenvalue weighted by molar-refractivity contribution is -0.137. The summed E-state index contributed by atoms with van der Waals surface area (Å²) in [7, 11) is 1.66. The first-order valence-electron chi connectivity index (χ1n) is 7.54. The third kappa shape index (κ3) is 4.45. The van der Waals surface area contributed by atoms with Crippen molar-refractivity contribution in [3.05, 3.63) is 35.4 Å².